The Labute approximate surface area is 104 Å². The standard InChI is InChI=1S/C12H12ClN3O/c1-6-2-7-3-8(13)4-9(12(7)17-6)10-5-11(14)16-15-10/h3-6H,2H2,1H3,(H3,14,15,16). The van der Waals surface area contributed by atoms with Gasteiger partial charge in [0.05, 0.1) is 5.69 Å². The van der Waals surface area contributed by atoms with Crippen molar-refractivity contribution in [3.8, 4) is 17.0 Å². The van der Waals surface area contributed by atoms with Crippen LogP contribution >= 0.6 is 11.6 Å². The summed E-state index contributed by atoms with van der Waals surface area (Å²) in [6.07, 6.45) is 1.06. The van der Waals surface area contributed by atoms with Crippen molar-refractivity contribution in [2.75, 3.05) is 5.73 Å². The summed E-state index contributed by atoms with van der Waals surface area (Å²) in [6, 6.07) is 5.59. The smallest absolute Gasteiger partial charge is 0.145 e. The Hall–Kier alpha value is -1.68. The molecule has 1 aromatic carbocycles. The Balaban J connectivity index is 2.17. The first-order valence-electron chi connectivity index (χ1n) is 5.44. The highest BCUT2D eigenvalue weighted by Crippen LogP contribution is 2.40. The second kappa shape index (κ2) is 3.67. The Morgan fingerprint density at radius 2 is 2.29 bits per heavy atom. The summed E-state index contributed by atoms with van der Waals surface area (Å²) in [6.45, 7) is 2.04. The molecular weight excluding hydrogens is 238 g/mol. The predicted octanol–water partition coefficient (Wildman–Crippen LogP) is 2.64. The van der Waals surface area contributed by atoms with Gasteiger partial charge in [0.25, 0.3) is 0 Å². The predicted molar refractivity (Wildman–Crippen MR) is 67.2 cm³/mol. The number of nitrogens with two attached hydrogens (primary N) is 1. The van der Waals surface area contributed by atoms with Crippen LogP contribution in [0, 0.1) is 0 Å². The van der Waals surface area contributed by atoms with Crippen LogP contribution < -0.4 is 10.5 Å². The Kier molecular flexibility index (Phi) is 2.26. The number of aromatic nitrogens is 2. The number of benzene rings is 1. The van der Waals surface area contributed by atoms with Crippen LogP contribution in [0.2, 0.25) is 5.02 Å². The lowest BCUT2D eigenvalue weighted by Gasteiger charge is -2.08. The molecule has 4 nitrogen and oxygen atoms in total. The van der Waals surface area contributed by atoms with Crippen LogP contribution in [0.1, 0.15) is 12.5 Å². The molecule has 3 rings (SSSR count). The fraction of sp³-hybridized carbons (Fsp3) is 0.250. The van der Waals surface area contributed by atoms with Gasteiger partial charge in [-0.1, -0.05) is 11.6 Å². The van der Waals surface area contributed by atoms with Gasteiger partial charge in [-0.25, -0.2) is 0 Å². The van der Waals surface area contributed by atoms with Gasteiger partial charge in [-0.05, 0) is 24.6 Å². The van der Waals surface area contributed by atoms with E-state index < -0.39 is 0 Å². The molecule has 0 aliphatic carbocycles. The van der Waals surface area contributed by atoms with Crippen LogP contribution in [0.15, 0.2) is 18.2 Å². The van der Waals surface area contributed by atoms with Gasteiger partial charge in [-0.15, -0.1) is 0 Å². The molecule has 3 N–H and O–H groups in total. The highest BCUT2D eigenvalue weighted by molar-refractivity contribution is 6.31. The molecular formula is C12H12ClN3O. The van der Waals surface area contributed by atoms with Crippen molar-refractivity contribution in [1.29, 1.82) is 0 Å². The molecule has 1 aromatic heterocycles. The third kappa shape index (κ3) is 1.74. The molecule has 0 fully saturated rings. The van der Waals surface area contributed by atoms with Gasteiger partial charge in [0.15, 0.2) is 0 Å². The first-order valence-corrected chi connectivity index (χ1v) is 5.81. The molecule has 1 aliphatic rings. The zero-order chi connectivity index (χ0) is 12.0. The van der Waals surface area contributed by atoms with E-state index in [2.05, 4.69) is 10.2 Å². The number of ether oxygens (including phenoxy) is 1. The molecule has 5 heteroatoms. The number of nitrogen functional groups attached to an aromatic ring is 1. The maximum Gasteiger partial charge on any atom is 0.145 e. The quantitative estimate of drug-likeness (QED) is 0.817. The van der Waals surface area contributed by atoms with Crippen LogP contribution in [0.25, 0.3) is 11.3 Å². The van der Waals surface area contributed by atoms with E-state index >= 15 is 0 Å². The van der Waals surface area contributed by atoms with Crippen LogP contribution in [-0.4, -0.2) is 16.3 Å². The Morgan fingerprint density at radius 3 is 3.00 bits per heavy atom. The van der Waals surface area contributed by atoms with Crippen molar-refractivity contribution in [1.82, 2.24) is 10.2 Å². The number of rotatable bonds is 1. The molecule has 17 heavy (non-hydrogen) atoms. The summed E-state index contributed by atoms with van der Waals surface area (Å²) in [7, 11) is 0. The summed E-state index contributed by atoms with van der Waals surface area (Å²) >= 11 is 6.11. The normalized spacial score (nSPS) is 17.9. The minimum atomic E-state index is 0.183. The average molecular weight is 250 g/mol. The van der Waals surface area contributed by atoms with Gasteiger partial charge in [-0.2, -0.15) is 5.10 Å². The summed E-state index contributed by atoms with van der Waals surface area (Å²) in [4.78, 5) is 0. The van der Waals surface area contributed by atoms with E-state index in [0.29, 0.717) is 10.8 Å². The van der Waals surface area contributed by atoms with Crippen LogP contribution in [0.4, 0.5) is 5.82 Å². The van der Waals surface area contributed by atoms with Gasteiger partial charge in [0.2, 0.25) is 0 Å². The second-order valence-electron chi connectivity index (χ2n) is 4.28. The first-order chi connectivity index (χ1) is 8.13. The van der Waals surface area contributed by atoms with Crippen molar-refractivity contribution in [2.24, 2.45) is 0 Å². The number of nitrogens with one attached hydrogen (secondary N) is 1. The molecule has 2 heterocycles. The summed E-state index contributed by atoms with van der Waals surface area (Å²) in [5, 5.41) is 7.50. The lowest BCUT2D eigenvalue weighted by molar-refractivity contribution is 0.255. The topological polar surface area (TPSA) is 63.9 Å². The van der Waals surface area contributed by atoms with E-state index in [0.717, 1.165) is 29.0 Å². The largest absolute Gasteiger partial charge is 0.489 e. The lowest BCUT2D eigenvalue weighted by atomic mass is 10.0. The van der Waals surface area contributed by atoms with Crippen molar-refractivity contribution in [3.63, 3.8) is 0 Å². The number of H-pyrrole nitrogens is 1. The van der Waals surface area contributed by atoms with Crippen LogP contribution in [-0.2, 0) is 6.42 Å². The van der Waals surface area contributed by atoms with Crippen LogP contribution in [0.3, 0.4) is 0 Å². The fourth-order valence-electron chi connectivity index (χ4n) is 2.17. The number of hydrogen-bond acceptors (Lipinski definition) is 3. The summed E-state index contributed by atoms with van der Waals surface area (Å²) in [5.74, 6) is 1.34. The second-order valence-corrected chi connectivity index (χ2v) is 4.72. The minimum Gasteiger partial charge on any atom is -0.489 e. The molecule has 1 aliphatic heterocycles. The number of nitrogens with zero attached hydrogens (tertiary/aromatic N) is 1. The van der Waals surface area contributed by atoms with E-state index in [-0.39, 0.29) is 6.10 Å². The Bertz CT molecular complexity index is 579. The van der Waals surface area contributed by atoms with Crippen molar-refractivity contribution >= 4 is 17.4 Å². The molecule has 0 spiro atoms. The summed E-state index contributed by atoms with van der Waals surface area (Å²) in [5.41, 5.74) is 8.49. The lowest BCUT2D eigenvalue weighted by Crippen LogP contribution is -2.05. The highest BCUT2D eigenvalue weighted by atomic mass is 35.5. The van der Waals surface area contributed by atoms with E-state index in [1.807, 2.05) is 19.1 Å². The molecule has 0 bridgehead atoms. The van der Waals surface area contributed by atoms with Gasteiger partial charge < -0.3 is 10.5 Å². The van der Waals surface area contributed by atoms with Gasteiger partial charge in [0.1, 0.15) is 17.7 Å². The van der Waals surface area contributed by atoms with Crippen molar-refractivity contribution in [3.05, 3.63) is 28.8 Å². The Morgan fingerprint density at radius 1 is 1.47 bits per heavy atom. The van der Waals surface area contributed by atoms with E-state index in [1.165, 1.54) is 0 Å². The summed E-state index contributed by atoms with van der Waals surface area (Å²) < 4.78 is 5.81. The maximum atomic E-state index is 6.11. The van der Waals surface area contributed by atoms with E-state index in [1.54, 1.807) is 6.07 Å². The van der Waals surface area contributed by atoms with Crippen molar-refractivity contribution in [2.45, 2.75) is 19.4 Å². The molecule has 0 saturated heterocycles. The molecule has 88 valence electrons. The molecule has 0 radical (unpaired) electrons. The third-order valence-corrected chi connectivity index (χ3v) is 3.06. The fourth-order valence-corrected chi connectivity index (χ4v) is 2.41. The number of halogens is 1. The zero-order valence-electron chi connectivity index (χ0n) is 9.33. The number of hydrogen-bond donors (Lipinski definition) is 2. The third-order valence-electron chi connectivity index (χ3n) is 2.84. The minimum absolute atomic E-state index is 0.183. The number of fused-ring (bicyclic) bond motifs is 1. The van der Waals surface area contributed by atoms with Gasteiger partial charge >= 0.3 is 0 Å². The van der Waals surface area contributed by atoms with E-state index in [9.17, 15) is 0 Å². The van der Waals surface area contributed by atoms with Crippen molar-refractivity contribution < 1.29 is 4.74 Å². The van der Waals surface area contributed by atoms with E-state index in [4.69, 9.17) is 22.1 Å². The first kappa shape index (κ1) is 10.5. The maximum absolute atomic E-state index is 6.11. The van der Waals surface area contributed by atoms with Crippen LogP contribution in [0.5, 0.6) is 5.75 Å². The number of aromatic amines is 1. The molecule has 0 amide bonds. The molecule has 1 unspecified atom stereocenters. The molecule has 2 aromatic rings. The SMILES string of the molecule is CC1Cc2cc(Cl)cc(-c3cc(N)n[nH]3)c2O1. The average Bonchev–Trinajstić information content (AvgIpc) is 2.82. The monoisotopic (exact) mass is 249 g/mol. The number of anilines is 1. The molecule has 0 saturated carbocycles. The molecule has 1 atom stereocenters. The zero-order valence-corrected chi connectivity index (χ0v) is 10.1. The van der Waals surface area contributed by atoms with Gasteiger partial charge in [-0.3, -0.25) is 5.10 Å². The highest BCUT2D eigenvalue weighted by Gasteiger charge is 2.24. The van der Waals surface area contributed by atoms with Gasteiger partial charge in [0, 0.05) is 23.1 Å².